The molecular weight excluding hydrogens is 500 g/mol. The van der Waals surface area contributed by atoms with E-state index < -0.39 is 20.0 Å². The lowest BCUT2D eigenvalue weighted by atomic mass is 9.92. The molecule has 0 amide bonds. The van der Waals surface area contributed by atoms with Gasteiger partial charge >= 0.3 is 0 Å². The Morgan fingerprint density at radius 3 is 2.50 bits per heavy atom. The highest BCUT2D eigenvalue weighted by atomic mass is 32.2. The van der Waals surface area contributed by atoms with Crippen LogP contribution in [0.2, 0.25) is 0 Å². The molecule has 194 valence electrons. The normalized spacial score (nSPS) is 24.2. The van der Waals surface area contributed by atoms with E-state index in [-0.39, 0.29) is 46.8 Å². The molecule has 1 aromatic rings. The number of aryl methyl sites for hydroxylation is 1. The lowest BCUT2D eigenvalue weighted by molar-refractivity contribution is 0.435. The maximum absolute atomic E-state index is 13.2. The third-order valence-corrected chi connectivity index (χ3v) is 9.22. The molecule has 0 unspecified atom stereocenters. The summed E-state index contributed by atoms with van der Waals surface area (Å²) >= 11 is 0. The lowest BCUT2D eigenvalue weighted by Gasteiger charge is -2.29. The van der Waals surface area contributed by atoms with Gasteiger partial charge in [0.1, 0.15) is 17.5 Å². The van der Waals surface area contributed by atoms with Crippen molar-refractivity contribution in [1.82, 2.24) is 13.9 Å². The Labute approximate surface area is 213 Å². The number of sulfonamides is 2. The number of benzene rings is 1. The summed E-state index contributed by atoms with van der Waals surface area (Å²) in [6.07, 6.45) is 5.78. The summed E-state index contributed by atoms with van der Waals surface area (Å²) in [5, 5.41) is 18.2. The van der Waals surface area contributed by atoms with Crippen LogP contribution in [0.4, 0.5) is 0 Å². The van der Waals surface area contributed by atoms with Gasteiger partial charge in [0, 0.05) is 30.1 Å². The van der Waals surface area contributed by atoms with E-state index in [2.05, 4.69) is 22.9 Å². The van der Waals surface area contributed by atoms with Gasteiger partial charge < -0.3 is 4.90 Å². The minimum Gasteiger partial charge on any atom is -0.310 e. The second kappa shape index (κ2) is 10.9. The highest BCUT2D eigenvalue weighted by Gasteiger charge is 2.39. The van der Waals surface area contributed by atoms with E-state index >= 15 is 0 Å². The Morgan fingerprint density at radius 2 is 1.89 bits per heavy atom. The summed E-state index contributed by atoms with van der Waals surface area (Å²) in [7, 11) is -7.58. The van der Waals surface area contributed by atoms with E-state index in [1.807, 2.05) is 13.8 Å². The highest BCUT2D eigenvalue weighted by Crippen LogP contribution is 2.36. The van der Waals surface area contributed by atoms with E-state index in [1.54, 1.807) is 18.2 Å². The van der Waals surface area contributed by atoms with Gasteiger partial charge in [0.25, 0.3) is 10.0 Å². The first kappa shape index (κ1) is 27.5. The summed E-state index contributed by atoms with van der Waals surface area (Å²) in [6, 6.07) is 6.08. The molecule has 3 rings (SSSR count). The molecule has 0 bridgehead atoms. The van der Waals surface area contributed by atoms with Crippen LogP contribution in [0.3, 0.4) is 0 Å². The fourth-order valence-electron chi connectivity index (χ4n) is 4.45. The predicted octanol–water partition coefficient (Wildman–Crippen LogP) is 3.18. The minimum atomic E-state index is -3.98. The van der Waals surface area contributed by atoms with Crippen LogP contribution in [0.25, 0.3) is 0 Å². The van der Waals surface area contributed by atoms with Crippen LogP contribution in [0.5, 0.6) is 0 Å². The van der Waals surface area contributed by atoms with Gasteiger partial charge in [-0.1, -0.05) is 44.2 Å². The number of nitrogens with zero attached hydrogens (tertiary/aromatic N) is 3. The van der Waals surface area contributed by atoms with E-state index in [1.165, 1.54) is 29.4 Å². The molecule has 0 radical (unpaired) electrons. The lowest BCUT2D eigenvalue weighted by Crippen LogP contribution is -2.42. The molecule has 3 atom stereocenters. The average Bonchev–Trinajstić information content (AvgIpc) is 3.26. The van der Waals surface area contributed by atoms with Gasteiger partial charge in [-0.15, -0.1) is 0 Å². The summed E-state index contributed by atoms with van der Waals surface area (Å²) in [5.41, 5.74) is 0.922. The second-order valence-electron chi connectivity index (χ2n) is 8.83. The van der Waals surface area contributed by atoms with E-state index in [9.17, 15) is 16.8 Å². The van der Waals surface area contributed by atoms with Crippen LogP contribution < -0.4 is 4.72 Å². The number of rotatable bonds is 7. The van der Waals surface area contributed by atoms with Crippen molar-refractivity contribution in [2.45, 2.75) is 44.0 Å². The number of aliphatic imine (C=N–C) groups is 1. The van der Waals surface area contributed by atoms with Crippen molar-refractivity contribution in [3.05, 3.63) is 66.5 Å². The molecule has 0 aromatic heterocycles. The Kier molecular flexibility index (Phi) is 8.32. The van der Waals surface area contributed by atoms with Gasteiger partial charge in [-0.3, -0.25) is 10.8 Å². The van der Waals surface area contributed by atoms with Gasteiger partial charge in [-0.25, -0.2) is 30.9 Å². The number of hydrogen-bond donors (Lipinski definition) is 3. The zero-order chi connectivity index (χ0) is 26.7. The minimum absolute atomic E-state index is 0.0461. The Morgan fingerprint density at radius 1 is 1.22 bits per heavy atom. The van der Waals surface area contributed by atoms with Gasteiger partial charge in [0.15, 0.2) is 0 Å². The van der Waals surface area contributed by atoms with Crippen molar-refractivity contribution in [1.29, 1.82) is 10.8 Å². The molecular formula is C24H32N6O4S2. The molecule has 1 fully saturated rings. The highest BCUT2D eigenvalue weighted by molar-refractivity contribution is 7.92. The first-order chi connectivity index (χ1) is 16.9. The SMILES string of the molecule is C=CS(=O)(=O)N[C@H]1C[C@@H](CC)[C@@H](C(=N)N2C/C=C\N(S(=O)(=O)c3ccc(C)cc3)C(=C)N=CC2=N)C1. The second-order valence-corrected chi connectivity index (χ2v) is 12.3. The van der Waals surface area contributed by atoms with Crippen LogP contribution in [0.15, 0.2) is 70.8 Å². The van der Waals surface area contributed by atoms with Crippen molar-refractivity contribution < 1.29 is 16.8 Å². The van der Waals surface area contributed by atoms with Crippen LogP contribution in [-0.2, 0) is 20.0 Å². The number of amidine groups is 2. The van der Waals surface area contributed by atoms with Crippen molar-refractivity contribution >= 4 is 37.9 Å². The fourth-order valence-corrected chi connectivity index (χ4v) is 6.48. The molecule has 1 aliphatic heterocycles. The van der Waals surface area contributed by atoms with Gasteiger partial charge in [-0.2, -0.15) is 0 Å². The van der Waals surface area contributed by atoms with Gasteiger partial charge in [0.2, 0.25) is 10.0 Å². The van der Waals surface area contributed by atoms with Gasteiger partial charge in [0.05, 0.1) is 11.1 Å². The molecule has 0 spiro atoms. The summed E-state index contributed by atoms with van der Waals surface area (Å²) in [6.45, 7) is 11.0. The molecule has 0 saturated heterocycles. The zero-order valence-electron chi connectivity index (χ0n) is 20.4. The average molecular weight is 533 g/mol. The van der Waals surface area contributed by atoms with E-state index in [0.29, 0.717) is 12.8 Å². The standard InChI is InChI=1S/C24H32N6O4S2/c1-5-19-14-20(28-35(31,32)6-2)15-22(19)24(26)29-12-7-13-30(18(4)27-16-23(29)25)36(33,34)21-10-8-17(3)9-11-21/h6-11,13,16,19-20,22,25-26,28H,2,4-5,12,14-15H2,1,3H3/b13-7-,25-23?,26-24?,27-16?/t19-,20+,22+/m1/s1. The largest absolute Gasteiger partial charge is 0.310 e. The zero-order valence-corrected chi connectivity index (χ0v) is 22.0. The Balaban J connectivity index is 1.84. The van der Waals surface area contributed by atoms with Crippen LogP contribution >= 0.6 is 0 Å². The molecule has 1 heterocycles. The number of hydrogen-bond acceptors (Lipinski definition) is 7. The Bertz CT molecular complexity index is 1320. The number of nitrogens with one attached hydrogen (secondary N) is 3. The maximum atomic E-state index is 13.2. The van der Waals surface area contributed by atoms with Crippen LogP contribution in [0, 0.1) is 29.6 Å². The van der Waals surface area contributed by atoms with E-state index in [4.69, 9.17) is 10.8 Å². The van der Waals surface area contributed by atoms with Crippen molar-refractivity contribution in [2.75, 3.05) is 6.54 Å². The molecule has 2 aliphatic rings. The Hall–Kier alpha value is -3.09. The molecule has 1 aromatic carbocycles. The molecule has 12 heteroatoms. The van der Waals surface area contributed by atoms with Crippen LogP contribution in [-0.4, -0.2) is 56.5 Å². The van der Waals surface area contributed by atoms with Gasteiger partial charge in [-0.05, 0) is 43.9 Å². The molecule has 1 aliphatic carbocycles. The first-order valence-electron chi connectivity index (χ1n) is 11.5. The first-order valence-corrected chi connectivity index (χ1v) is 14.5. The fraction of sp³-hybridized carbons (Fsp3) is 0.375. The van der Waals surface area contributed by atoms with Crippen molar-refractivity contribution in [2.24, 2.45) is 16.8 Å². The molecule has 1 saturated carbocycles. The molecule has 3 N–H and O–H groups in total. The third-order valence-electron chi connectivity index (χ3n) is 6.40. The molecule has 36 heavy (non-hydrogen) atoms. The summed E-state index contributed by atoms with van der Waals surface area (Å²) < 4.78 is 53.9. The topological polar surface area (TPSA) is 147 Å². The monoisotopic (exact) mass is 532 g/mol. The van der Waals surface area contributed by atoms with Crippen molar-refractivity contribution in [3.63, 3.8) is 0 Å². The summed E-state index contributed by atoms with van der Waals surface area (Å²) in [5.74, 6) is -0.263. The third kappa shape index (κ3) is 6.00. The quantitative estimate of drug-likeness (QED) is 0.365. The smallest absolute Gasteiger partial charge is 0.269 e. The summed E-state index contributed by atoms with van der Waals surface area (Å²) in [4.78, 5) is 5.62. The molecule has 10 nitrogen and oxygen atoms in total. The van der Waals surface area contributed by atoms with Crippen LogP contribution in [0.1, 0.15) is 31.7 Å². The predicted molar refractivity (Wildman–Crippen MR) is 142 cm³/mol. The maximum Gasteiger partial charge on any atom is 0.269 e. The van der Waals surface area contributed by atoms with Crippen molar-refractivity contribution in [3.8, 4) is 0 Å². The van der Waals surface area contributed by atoms with E-state index in [0.717, 1.165) is 21.7 Å².